The molecule has 0 unspecified atom stereocenters. The number of hydrogen-bond donors (Lipinski definition) is 2. The molecule has 1 aliphatic rings. The van der Waals surface area contributed by atoms with E-state index in [2.05, 4.69) is 38.1 Å². The average molecular weight is 584 g/mol. The molecule has 5 rings (SSSR count). The first-order valence-electron chi connectivity index (χ1n) is 13.5. The molecule has 2 N–H and O–H groups in total. The summed E-state index contributed by atoms with van der Waals surface area (Å²) in [6.07, 6.45) is 1.78. The van der Waals surface area contributed by atoms with Crippen LogP contribution < -0.4 is 15.5 Å². The van der Waals surface area contributed by atoms with E-state index in [0.717, 1.165) is 39.6 Å². The van der Waals surface area contributed by atoms with Crippen LogP contribution >= 0.6 is 12.2 Å². The molecule has 1 fully saturated rings. The number of methoxy groups -OCH3 is 2. The minimum Gasteiger partial charge on any atom is -0.465 e. The lowest BCUT2D eigenvalue weighted by atomic mass is 9.96. The number of carbonyl (C=O) groups is 2. The highest BCUT2D eigenvalue weighted by Gasteiger charge is 2.42. The third-order valence-corrected chi connectivity index (χ3v) is 7.76. The molecule has 2 aromatic carbocycles. The van der Waals surface area contributed by atoms with Gasteiger partial charge >= 0.3 is 5.97 Å². The highest BCUT2D eigenvalue weighted by atomic mass is 32.1. The Bertz CT molecular complexity index is 1650. The summed E-state index contributed by atoms with van der Waals surface area (Å²) in [5.74, 6) is -0.605. The molecule has 0 spiro atoms. The van der Waals surface area contributed by atoms with Crippen LogP contribution in [0.3, 0.4) is 0 Å². The maximum Gasteiger partial charge on any atom is 0.337 e. The Hall–Kier alpha value is -4.54. The Kier molecular flexibility index (Phi) is 8.37. The summed E-state index contributed by atoms with van der Waals surface area (Å²) in [5, 5.41) is 6.98. The van der Waals surface area contributed by atoms with Crippen LogP contribution in [-0.4, -0.2) is 47.4 Å². The molecule has 9 nitrogen and oxygen atoms in total. The number of pyridine rings is 1. The molecule has 4 aromatic rings. The number of nitrogens with zero attached hydrogens (tertiary/aromatic N) is 3. The first kappa shape index (κ1) is 29.0. The normalized spacial score (nSPS) is 16.3. The fourth-order valence-electron chi connectivity index (χ4n) is 5.58. The summed E-state index contributed by atoms with van der Waals surface area (Å²) >= 11 is 5.94. The van der Waals surface area contributed by atoms with Crippen molar-refractivity contribution < 1.29 is 19.1 Å². The lowest BCUT2D eigenvalue weighted by Gasteiger charge is -2.29. The number of anilines is 2. The molecule has 2 atom stereocenters. The lowest BCUT2D eigenvalue weighted by Crippen LogP contribution is -2.29. The van der Waals surface area contributed by atoms with E-state index in [4.69, 9.17) is 21.7 Å². The predicted octanol–water partition coefficient (Wildman–Crippen LogP) is 5.35. The molecule has 0 radical (unpaired) electrons. The topological polar surface area (TPSA) is 97.7 Å². The fourth-order valence-corrected chi connectivity index (χ4v) is 5.92. The molecule has 0 bridgehead atoms. The van der Waals surface area contributed by atoms with E-state index in [0.29, 0.717) is 16.4 Å². The van der Waals surface area contributed by atoms with E-state index in [9.17, 15) is 9.59 Å². The third-order valence-electron chi connectivity index (χ3n) is 7.45. The van der Waals surface area contributed by atoms with Crippen molar-refractivity contribution in [1.82, 2.24) is 14.9 Å². The molecular weight excluding hydrogens is 550 g/mol. The van der Waals surface area contributed by atoms with Crippen LogP contribution in [0.25, 0.3) is 5.69 Å². The third kappa shape index (κ3) is 5.50. The Balaban J connectivity index is 1.61. The van der Waals surface area contributed by atoms with E-state index in [1.165, 1.54) is 14.2 Å². The lowest BCUT2D eigenvalue weighted by molar-refractivity contribution is -0.119. The molecule has 0 saturated carbocycles. The van der Waals surface area contributed by atoms with Crippen LogP contribution in [0.1, 0.15) is 50.7 Å². The van der Waals surface area contributed by atoms with Gasteiger partial charge in [0, 0.05) is 41.8 Å². The molecule has 0 aliphatic carbocycles. The van der Waals surface area contributed by atoms with Crippen molar-refractivity contribution in [3.05, 3.63) is 107 Å². The first-order valence-corrected chi connectivity index (χ1v) is 13.9. The van der Waals surface area contributed by atoms with Crippen molar-refractivity contribution in [2.75, 3.05) is 31.0 Å². The van der Waals surface area contributed by atoms with Gasteiger partial charge in [-0.3, -0.25) is 9.78 Å². The average Bonchev–Trinajstić information content (AvgIpc) is 3.48. The van der Waals surface area contributed by atoms with E-state index in [-0.39, 0.29) is 30.6 Å². The van der Waals surface area contributed by atoms with Crippen molar-refractivity contribution >= 4 is 40.6 Å². The number of amides is 1. The zero-order chi connectivity index (χ0) is 30.0. The number of esters is 1. The Morgan fingerprint density at radius 1 is 1.00 bits per heavy atom. The van der Waals surface area contributed by atoms with E-state index in [1.54, 1.807) is 12.3 Å². The van der Waals surface area contributed by atoms with Gasteiger partial charge in [0.25, 0.3) is 0 Å². The number of aromatic nitrogens is 2. The number of nitrogens with one attached hydrogen (secondary N) is 2. The summed E-state index contributed by atoms with van der Waals surface area (Å²) in [5.41, 5.74) is 7.78. The van der Waals surface area contributed by atoms with Crippen molar-refractivity contribution in [2.24, 2.45) is 0 Å². The molecule has 3 heterocycles. The summed E-state index contributed by atoms with van der Waals surface area (Å²) in [7, 11) is 2.87. The van der Waals surface area contributed by atoms with Gasteiger partial charge in [-0.1, -0.05) is 12.1 Å². The van der Waals surface area contributed by atoms with Gasteiger partial charge in [0.05, 0.1) is 30.5 Å². The van der Waals surface area contributed by atoms with Crippen LogP contribution in [0, 0.1) is 20.8 Å². The van der Waals surface area contributed by atoms with E-state index < -0.39 is 0 Å². The second kappa shape index (κ2) is 12.1. The van der Waals surface area contributed by atoms with Crippen LogP contribution in [0.2, 0.25) is 0 Å². The van der Waals surface area contributed by atoms with Gasteiger partial charge < -0.3 is 29.6 Å². The van der Waals surface area contributed by atoms with Crippen LogP contribution in [0.4, 0.5) is 11.4 Å². The fraction of sp³-hybridized carbons (Fsp3) is 0.250. The minimum atomic E-state index is -0.386. The molecule has 42 heavy (non-hydrogen) atoms. The molecule has 10 heteroatoms. The van der Waals surface area contributed by atoms with Gasteiger partial charge in [-0.2, -0.15) is 0 Å². The van der Waals surface area contributed by atoms with Crippen molar-refractivity contribution in [2.45, 2.75) is 32.9 Å². The SMILES string of the molecule is COCC(=O)Nc1ccc(N2C(=S)N[C@H](c3ccccn3)[C@@H]2c2cc(C)n(-c3cccc(C(=O)OC)c3)c2C)cc1C. The van der Waals surface area contributed by atoms with Gasteiger partial charge in [0.1, 0.15) is 6.61 Å². The highest BCUT2D eigenvalue weighted by Crippen LogP contribution is 2.44. The van der Waals surface area contributed by atoms with Gasteiger partial charge in [-0.15, -0.1) is 0 Å². The van der Waals surface area contributed by atoms with Crippen molar-refractivity contribution in [3.63, 3.8) is 0 Å². The van der Waals surface area contributed by atoms with E-state index in [1.807, 2.05) is 68.4 Å². The van der Waals surface area contributed by atoms with Crippen molar-refractivity contribution in [3.8, 4) is 5.69 Å². The van der Waals surface area contributed by atoms with Gasteiger partial charge in [0.15, 0.2) is 5.11 Å². The number of thiocarbonyl (C=S) groups is 1. The predicted molar refractivity (Wildman–Crippen MR) is 166 cm³/mol. The van der Waals surface area contributed by atoms with E-state index >= 15 is 0 Å². The number of rotatable bonds is 8. The second-order valence-electron chi connectivity index (χ2n) is 10.2. The summed E-state index contributed by atoms with van der Waals surface area (Å²) in [6.45, 7) is 6.04. The zero-order valence-electron chi connectivity index (χ0n) is 24.2. The number of ether oxygens (including phenoxy) is 2. The standard InChI is InChI=1S/C32H33N5O4S/c1-19-15-24(12-13-26(19)34-28(38)18-40-4)37-30(29(35-32(37)42)27-11-6-7-14-33-27)25-16-20(2)36(21(25)3)23-10-8-9-22(17-23)31(39)41-5/h6-17,29-30H,18H2,1-5H3,(H,34,38)(H,35,42)/t29-,30+/m1/s1. The second-order valence-corrected chi connectivity index (χ2v) is 10.6. The summed E-state index contributed by atoms with van der Waals surface area (Å²) in [4.78, 5) is 31.2. The largest absolute Gasteiger partial charge is 0.465 e. The molecule has 1 aliphatic heterocycles. The molecule has 1 saturated heterocycles. The van der Waals surface area contributed by atoms with Gasteiger partial charge in [-0.25, -0.2) is 4.79 Å². The molecular formula is C32H33N5O4S. The van der Waals surface area contributed by atoms with Crippen LogP contribution in [0.5, 0.6) is 0 Å². The number of aryl methyl sites for hydroxylation is 2. The highest BCUT2D eigenvalue weighted by molar-refractivity contribution is 7.80. The molecule has 2 aromatic heterocycles. The number of hydrogen-bond acceptors (Lipinski definition) is 6. The van der Waals surface area contributed by atoms with Crippen LogP contribution in [0.15, 0.2) is 72.9 Å². The maximum atomic E-state index is 12.3. The summed E-state index contributed by atoms with van der Waals surface area (Å²) in [6, 6.07) is 20.8. The first-order chi connectivity index (χ1) is 20.2. The maximum absolute atomic E-state index is 12.3. The molecule has 216 valence electrons. The smallest absolute Gasteiger partial charge is 0.337 e. The minimum absolute atomic E-state index is 0.0205. The Labute approximate surface area is 250 Å². The quantitative estimate of drug-likeness (QED) is 0.212. The Morgan fingerprint density at radius 2 is 1.81 bits per heavy atom. The summed E-state index contributed by atoms with van der Waals surface area (Å²) < 4.78 is 12.0. The van der Waals surface area contributed by atoms with Gasteiger partial charge in [0.2, 0.25) is 5.91 Å². The van der Waals surface area contributed by atoms with Crippen LogP contribution in [-0.2, 0) is 14.3 Å². The van der Waals surface area contributed by atoms with Gasteiger partial charge in [-0.05, 0) is 98.7 Å². The number of benzene rings is 2. The number of carbonyl (C=O) groups excluding carboxylic acids is 2. The van der Waals surface area contributed by atoms with Crippen molar-refractivity contribution in [1.29, 1.82) is 0 Å². The Morgan fingerprint density at radius 3 is 2.50 bits per heavy atom. The molecule has 1 amide bonds. The zero-order valence-corrected chi connectivity index (χ0v) is 25.0. The monoisotopic (exact) mass is 583 g/mol.